The maximum Gasteiger partial charge on any atom is 0.160 e. The molecule has 0 saturated carbocycles. The van der Waals surface area contributed by atoms with Crippen molar-refractivity contribution >= 4 is 10.8 Å². The van der Waals surface area contributed by atoms with Crippen molar-refractivity contribution < 1.29 is 0 Å². The number of fused-ring (bicyclic) bond motifs is 4. The van der Waals surface area contributed by atoms with Gasteiger partial charge in [-0.25, -0.2) is 9.97 Å². The normalized spacial score (nSPS) is 12.5. The molecule has 1 heterocycles. The highest BCUT2D eigenvalue weighted by Crippen LogP contribution is 2.58. The lowest BCUT2D eigenvalue weighted by Crippen LogP contribution is -2.28. The highest BCUT2D eigenvalue weighted by atomic mass is 14.9. The van der Waals surface area contributed by atoms with Crippen LogP contribution in [0.2, 0.25) is 0 Å². The van der Waals surface area contributed by atoms with Crippen LogP contribution in [0.15, 0.2) is 231 Å². The second-order valence-corrected chi connectivity index (χ2v) is 15.2. The fourth-order valence-corrected chi connectivity index (χ4v) is 9.41. The first-order valence-electron chi connectivity index (χ1n) is 20.2. The van der Waals surface area contributed by atoms with Gasteiger partial charge in [0.1, 0.15) is 0 Å². The van der Waals surface area contributed by atoms with Crippen molar-refractivity contribution in [2.75, 3.05) is 0 Å². The third-order valence-electron chi connectivity index (χ3n) is 12.0. The van der Waals surface area contributed by atoms with E-state index in [0.717, 1.165) is 39.0 Å². The van der Waals surface area contributed by atoms with Gasteiger partial charge in [-0.15, -0.1) is 0 Å². The molecule has 1 aliphatic carbocycles. The van der Waals surface area contributed by atoms with Crippen molar-refractivity contribution in [3.05, 3.63) is 253 Å². The van der Waals surface area contributed by atoms with Crippen LogP contribution in [-0.4, -0.2) is 9.97 Å². The van der Waals surface area contributed by atoms with E-state index >= 15 is 0 Å². The van der Waals surface area contributed by atoms with E-state index < -0.39 is 5.41 Å². The van der Waals surface area contributed by atoms with Gasteiger partial charge in [-0.05, 0) is 78.5 Å². The number of nitrogens with zero attached hydrogens (tertiary/aromatic N) is 2. The number of hydrogen-bond acceptors (Lipinski definition) is 2. The highest BCUT2D eigenvalue weighted by molar-refractivity contribution is 6.08. The second kappa shape index (κ2) is 14.4. The van der Waals surface area contributed by atoms with Crippen LogP contribution >= 0.6 is 0 Å². The van der Waals surface area contributed by atoms with Gasteiger partial charge in [-0.2, -0.15) is 0 Å². The average Bonchev–Trinajstić information content (AvgIpc) is 3.63. The summed E-state index contributed by atoms with van der Waals surface area (Å²) >= 11 is 0. The lowest BCUT2D eigenvalue weighted by atomic mass is 9.67. The van der Waals surface area contributed by atoms with Crippen molar-refractivity contribution in [2.24, 2.45) is 0 Å². The van der Waals surface area contributed by atoms with Crippen LogP contribution in [-0.2, 0) is 5.41 Å². The van der Waals surface area contributed by atoms with Gasteiger partial charge in [-0.1, -0.05) is 218 Å². The van der Waals surface area contributed by atoms with Gasteiger partial charge in [0.2, 0.25) is 0 Å². The van der Waals surface area contributed by atoms with Gasteiger partial charge < -0.3 is 0 Å². The zero-order valence-corrected chi connectivity index (χ0v) is 32.3. The van der Waals surface area contributed by atoms with E-state index in [0.29, 0.717) is 5.82 Å². The minimum absolute atomic E-state index is 0.469. The monoisotopic (exact) mass is 750 g/mol. The third kappa shape index (κ3) is 5.72. The maximum absolute atomic E-state index is 5.30. The molecular weight excluding hydrogens is 713 g/mol. The number of benzene rings is 9. The largest absolute Gasteiger partial charge is 0.228 e. The maximum atomic E-state index is 5.30. The van der Waals surface area contributed by atoms with E-state index in [-0.39, 0.29) is 0 Å². The quantitative estimate of drug-likeness (QED) is 0.162. The highest BCUT2D eigenvalue weighted by Gasteiger charge is 2.46. The zero-order valence-electron chi connectivity index (χ0n) is 32.3. The van der Waals surface area contributed by atoms with Crippen LogP contribution in [0.3, 0.4) is 0 Å². The molecule has 0 unspecified atom stereocenters. The number of aromatic nitrogens is 2. The molecule has 0 bridgehead atoms. The molecule has 0 N–H and O–H groups in total. The molecule has 2 nitrogen and oxygen atoms in total. The zero-order chi connectivity index (χ0) is 39.2. The van der Waals surface area contributed by atoms with Gasteiger partial charge in [0.05, 0.1) is 16.8 Å². The molecule has 59 heavy (non-hydrogen) atoms. The summed E-state index contributed by atoms with van der Waals surface area (Å²) in [5.41, 5.74) is 16.8. The van der Waals surface area contributed by atoms with Crippen molar-refractivity contribution in [1.82, 2.24) is 9.97 Å². The van der Waals surface area contributed by atoms with E-state index in [1.165, 1.54) is 55.5 Å². The van der Waals surface area contributed by atoms with E-state index in [4.69, 9.17) is 9.97 Å². The molecule has 0 amide bonds. The lowest BCUT2D eigenvalue weighted by Gasteiger charge is -2.34. The Bertz CT molecular complexity index is 3100. The Morgan fingerprint density at radius 1 is 0.288 bits per heavy atom. The van der Waals surface area contributed by atoms with Gasteiger partial charge >= 0.3 is 0 Å². The fraction of sp³-hybridized carbons (Fsp3) is 0.0175. The Morgan fingerprint density at radius 3 is 1.49 bits per heavy atom. The smallest absolute Gasteiger partial charge is 0.160 e. The Balaban J connectivity index is 1.12. The Kier molecular flexibility index (Phi) is 8.41. The van der Waals surface area contributed by atoms with Crippen molar-refractivity contribution in [3.63, 3.8) is 0 Å². The number of rotatable bonds is 7. The molecule has 1 aliphatic rings. The van der Waals surface area contributed by atoms with E-state index in [9.17, 15) is 0 Å². The summed E-state index contributed by atoms with van der Waals surface area (Å²) in [5.74, 6) is 0.701. The van der Waals surface area contributed by atoms with Crippen LogP contribution in [0.5, 0.6) is 0 Å². The summed E-state index contributed by atoms with van der Waals surface area (Å²) in [6, 6.07) is 82.9. The summed E-state index contributed by atoms with van der Waals surface area (Å²) in [5, 5.41) is 2.33. The average molecular weight is 751 g/mol. The first-order chi connectivity index (χ1) is 29.3. The van der Waals surface area contributed by atoms with Crippen LogP contribution in [0, 0.1) is 0 Å². The van der Waals surface area contributed by atoms with E-state index in [1.54, 1.807) is 0 Å². The van der Waals surface area contributed by atoms with E-state index in [2.05, 4.69) is 212 Å². The molecule has 0 radical (unpaired) electrons. The third-order valence-corrected chi connectivity index (χ3v) is 12.0. The molecule has 0 fully saturated rings. The molecule has 0 spiro atoms. The van der Waals surface area contributed by atoms with Crippen LogP contribution < -0.4 is 0 Å². The SMILES string of the molecule is c1ccc(-c2cccc(-c3cc(-c4ccc(-c5cccc6c5-c5ccccc5C6(c5ccccc5)c5ccccc5)c5ccccc45)nc(-c4ccccc4)n3)c2)cc1. The molecule has 0 aliphatic heterocycles. The molecule has 10 aromatic rings. The Morgan fingerprint density at radius 2 is 0.780 bits per heavy atom. The van der Waals surface area contributed by atoms with Gasteiger partial charge in [-0.3, -0.25) is 0 Å². The summed E-state index contributed by atoms with van der Waals surface area (Å²) in [4.78, 5) is 10.5. The summed E-state index contributed by atoms with van der Waals surface area (Å²) in [7, 11) is 0. The van der Waals surface area contributed by atoms with Crippen LogP contribution in [0.1, 0.15) is 22.3 Å². The molecule has 1 aromatic heterocycles. The van der Waals surface area contributed by atoms with Gasteiger partial charge in [0.25, 0.3) is 0 Å². The van der Waals surface area contributed by atoms with Crippen molar-refractivity contribution in [2.45, 2.75) is 5.41 Å². The standard InChI is InChI=1S/C57H38N2/c1-5-19-39(20-6-1)41-23-17-24-42(37-41)53-38-54(59-56(58-53)40-21-7-2-8-22-40)48-36-35-47(45-29-13-14-30-46(45)48)49-32-18-34-52-55(49)50-31-15-16-33-51(50)57(52,43-25-9-3-10-26-43)44-27-11-4-12-28-44/h1-38H. The summed E-state index contributed by atoms with van der Waals surface area (Å²) < 4.78 is 0. The minimum atomic E-state index is -0.469. The van der Waals surface area contributed by atoms with E-state index in [1.807, 2.05) is 18.2 Å². The molecular formula is C57H38N2. The predicted octanol–water partition coefficient (Wildman–Crippen LogP) is 14.3. The number of hydrogen-bond donors (Lipinski definition) is 0. The van der Waals surface area contributed by atoms with Crippen molar-refractivity contribution in [1.29, 1.82) is 0 Å². The molecule has 2 heteroatoms. The van der Waals surface area contributed by atoms with Gasteiger partial charge in [0, 0.05) is 16.7 Å². The molecule has 0 atom stereocenters. The summed E-state index contributed by atoms with van der Waals surface area (Å²) in [6.07, 6.45) is 0. The first-order valence-corrected chi connectivity index (χ1v) is 20.2. The second-order valence-electron chi connectivity index (χ2n) is 15.2. The molecule has 11 rings (SSSR count). The minimum Gasteiger partial charge on any atom is -0.228 e. The van der Waals surface area contributed by atoms with Crippen molar-refractivity contribution in [3.8, 4) is 67.3 Å². The molecule has 9 aromatic carbocycles. The van der Waals surface area contributed by atoms with Gasteiger partial charge in [0.15, 0.2) is 5.82 Å². The Hall–Kier alpha value is -7.68. The molecule has 0 saturated heterocycles. The van der Waals surface area contributed by atoms with Crippen LogP contribution in [0.25, 0.3) is 78.1 Å². The predicted molar refractivity (Wildman–Crippen MR) is 244 cm³/mol. The summed E-state index contributed by atoms with van der Waals surface area (Å²) in [6.45, 7) is 0. The Labute approximate surface area is 344 Å². The fourth-order valence-electron chi connectivity index (χ4n) is 9.41. The lowest BCUT2D eigenvalue weighted by molar-refractivity contribution is 0.768. The first kappa shape index (κ1) is 34.6. The van der Waals surface area contributed by atoms with Crippen LogP contribution in [0.4, 0.5) is 0 Å². The molecule has 276 valence electrons. The topological polar surface area (TPSA) is 25.8 Å².